The second kappa shape index (κ2) is 2.84. The minimum Gasteiger partial charge on any atom is -0.460 e. The third-order valence-corrected chi connectivity index (χ3v) is 2.34. The summed E-state index contributed by atoms with van der Waals surface area (Å²) in [5, 5.41) is 0. The Hall–Kier alpha value is -0.530. The van der Waals surface area contributed by atoms with E-state index in [1.165, 1.54) is 13.3 Å². The lowest BCUT2D eigenvalue weighted by atomic mass is 10.0. The van der Waals surface area contributed by atoms with Crippen molar-refractivity contribution < 1.29 is 9.53 Å². The largest absolute Gasteiger partial charge is 0.460 e. The van der Waals surface area contributed by atoms with Crippen molar-refractivity contribution in [3.8, 4) is 0 Å². The standard InChI is InChI=1S/C9H16O2/c1-7-4-5-9(3,6-7)11-8(2)10/h7H,4-6H2,1-3H3. The molecule has 1 rings (SSSR count). The van der Waals surface area contributed by atoms with Crippen molar-refractivity contribution in [3.05, 3.63) is 0 Å². The Morgan fingerprint density at radius 3 is 2.64 bits per heavy atom. The maximum absolute atomic E-state index is 10.7. The third kappa shape index (κ3) is 2.21. The van der Waals surface area contributed by atoms with Crippen LogP contribution in [0.25, 0.3) is 0 Å². The van der Waals surface area contributed by atoms with Crippen molar-refractivity contribution >= 4 is 5.97 Å². The summed E-state index contributed by atoms with van der Waals surface area (Å²) in [5.41, 5.74) is -0.161. The zero-order chi connectivity index (χ0) is 8.48. The van der Waals surface area contributed by atoms with Gasteiger partial charge in [0.05, 0.1) is 0 Å². The predicted octanol–water partition coefficient (Wildman–Crippen LogP) is 2.13. The van der Waals surface area contributed by atoms with Gasteiger partial charge in [-0.1, -0.05) is 6.92 Å². The normalized spacial score (nSPS) is 37.2. The lowest BCUT2D eigenvalue weighted by Gasteiger charge is -2.23. The average Bonchev–Trinajstić information content (AvgIpc) is 2.08. The molecule has 64 valence electrons. The summed E-state index contributed by atoms with van der Waals surface area (Å²) >= 11 is 0. The molecule has 0 spiro atoms. The molecule has 1 aliphatic carbocycles. The van der Waals surface area contributed by atoms with Crippen LogP contribution in [0.5, 0.6) is 0 Å². The predicted molar refractivity (Wildman–Crippen MR) is 43.2 cm³/mol. The first-order valence-corrected chi connectivity index (χ1v) is 4.21. The van der Waals surface area contributed by atoms with E-state index in [1.54, 1.807) is 0 Å². The number of hydrogen-bond acceptors (Lipinski definition) is 2. The third-order valence-electron chi connectivity index (χ3n) is 2.34. The van der Waals surface area contributed by atoms with Gasteiger partial charge in [-0.15, -0.1) is 0 Å². The molecule has 11 heavy (non-hydrogen) atoms. The molecule has 0 radical (unpaired) electrons. The summed E-state index contributed by atoms with van der Waals surface area (Å²) in [7, 11) is 0. The van der Waals surface area contributed by atoms with E-state index in [0.29, 0.717) is 5.92 Å². The summed E-state index contributed by atoms with van der Waals surface area (Å²) in [5.74, 6) is 0.556. The Morgan fingerprint density at radius 2 is 2.27 bits per heavy atom. The molecule has 0 aromatic carbocycles. The van der Waals surface area contributed by atoms with Gasteiger partial charge in [-0.2, -0.15) is 0 Å². The number of hydrogen-bond donors (Lipinski definition) is 0. The van der Waals surface area contributed by atoms with E-state index in [1.807, 2.05) is 6.92 Å². The van der Waals surface area contributed by atoms with Gasteiger partial charge in [-0.3, -0.25) is 4.79 Å². The van der Waals surface area contributed by atoms with Crippen molar-refractivity contribution in [3.63, 3.8) is 0 Å². The monoisotopic (exact) mass is 156 g/mol. The van der Waals surface area contributed by atoms with Crippen LogP contribution in [-0.4, -0.2) is 11.6 Å². The van der Waals surface area contributed by atoms with Crippen molar-refractivity contribution in [1.29, 1.82) is 0 Å². The van der Waals surface area contributed by atoms with Crippen LogP contribution in [0.4, 0.5) is 0 Å². The van der Waals surface area contributed by atoms with Crippen molar-refractivity contribution in [1.82, 2.24) is 0 Å². The molecule has 0 aromatic rings. The van der Waals surface area contributed by atoms with Crippen molar-refractivity contribution in [2.45, 2.75) is 45.6 Å². The second-order valence-electron chi connectivity index (χ2n) is 3.89. The van der Waals surface area contributed by atoms with Gasteiger partial charge in [0, 0.05) is 6.92 Å². The van der Waals surface area contributed by atoms with Crippen LogP contribution in [0.1, 0.15) is 40.0 Å². The highest BCUT2D eigenvalue weighted by molar-refractivity contribution is 5.66. The first-order chi connectivity index (χ1) is 5.02. The number of ether oxygens (including phenoxy) is 1. The van der Waals surface area contributed by atoms with E-state index >= 15 is 0 Å². The molecule has 0 amide bonds. The molecular formula is C9H16O2. The van der Waals surface area contributed by atoms with Gasteiger partial charge in [-0.05, 0) is 32.1 Å². The van der Waals surface area contributed by atoms with Gasteiger partial charge in [-0.25, -0.2) is 0 Å². The van der Waals surface area contributed by atoms with Crippen LogP contribution in [0.15, 0.2) is 0 Å². The average molecular weight is 156 g/mol. The maximum atomic E-state index is 10.7. The summed E-state index contributed by atoms with van der Waals surface area (Å²) in [6, 6.07) is 0. The number of esters is 1. The fourth-order valence-corrected chi connectivity index (χ4v) is 1.93. The van der Waals surface area contributed by atoms with Gasteiger partial charge in [0.2, 0.25) is 0 Å². The molecule has 2 unspecified atom stereocenters. The smallest absolute Gasteiger partial charge is 0.303 e. The van der Waals surface area contributed by atoms with E-state index in [0.717, 1.165) is 12.8 Å². The molecule has 0 aliphatic heterocycles. The van der Waals surface area contributed by atoms with Gasteiger partial charge >= 0.3 is 5.97 Å². The van der Waals surface area contributed by atoms with Gasteiger partial charge in [0.25, 0.3) is 0 Å². The summed E-state index contributed by atoms with van der Waals surface area (Å²) < 4.78 is 5.23. The highest BCUT2D eigenvalue weighted by atomic mass is 16.6. The molecular weight excluding hydrogens is 140 g/mol. The molecule has 0 heterocycles. The lowest BCUT2D eigenvalue weighted by Crippen LogP contribution is -2.27. The zero-order valence-electron chi connectivity index (χ0n) is 7.52. The molecule has 2 nitrogen and oxygen atoms in total. The van der Waals surface area contributed by atoms with Crippen molar-refractivity contribution in [2.75, 3.05) is 0 Å². The van der Waals surface area contributed by atoms with E-state index in [2.05, 4.69) is 6.92 Å². The highest BCUT2D eigenvalue weighted by Gasteiger charge is 2.35. The summed E-state index contributed by atoms with van der Waals surface area (Å²) in [6.45, 7) is 5.71. The molecule has 1 fully saturated rings. The Balaban J connectivity index is 2.48. The minimum atomic E-state index is -0.161. The van der Waals surface area contributed by atoms with Gasteiger partial charge < -0.3 is 4.74 Å². The fourth-order valence-electron chi connectivity index (χ4n) is 1.93. The fraction of sp³-hybridized carbons (Fsp3) is 0.889. The topological polar surface area (TPSA) is 26.3 Å². The van der Waals surface area contributed by atoms with E-state index < -0.39 is 0 Å². The van der Waals surface area contributed by atoms with Crippen molar-refractivity contribution in [2.24, 2.45) is 5.92 Å². The summed E-state index contributed by atoms with van der Waals surface area (Å²) in [4.78, 5) is 10.7. The quantitative estimate of drug-likeness (QED) is 0.543. The molecule has 0 N–H and O–H groups in total. The van der Waals surface area contributed by atoms with Crippen LogP contribution in [0.3, 0.4) is 0 Å². The van der Waals surface area contributed by atoms with Crippen LogP contribution < -0.4 is 0 Å². The van der Waals surface area contributed by atoms with Gasteiger partial charge in [0.1, 0.15) is 5.60 Å². The molecule has 0 saturated heterocycles. The molecule has 1 saturated carbocycles. The minimum absolute atomic E-state index is 0.151. The number of carbonyl (C=O) groups is 1. The Bertz CT molecular complexity index is 165. The van der Waals surface area contributed by atoms with Crippen LogP contribution >= 0.6 is 0 Å². The zero-order valence-corrected chi connectivity index (χ0v) is 7.52. The Morgan fingerprint density at radius 1 is 1.64 bits per heavy atom. The van der Waals surface area contributed by atoms with Gasteiger partial charge in [0.15, 0.2) is 0 Å². The van der Waals surface area contributed by atoms with Crippen LogP contribution in [-0.2, 0) is 9.53 Å². The summed E-state index contributed by atoms with van der Waals surface area (Å²) in [6.07, 6.45) is 3.23. The molecule has 0 bridgehead atoms. The highest BCUT2D eigenvalue weighted by Crippen LogP contribution is 2.36. The molecule has 2 atom stereocenters. The first kappa shape index (κ1) is 8.57. The Kier molecular flexibility index (Phi) is 2.21. The molecule has 2 heteroatoms. The lowest BCUT2D eigenvalue weighted by molar-refractivity contribution is -0.154. The second-order valence-corrected chi connectivity index (χ2v) is 3.89. The Labute approximate surface area is 67.9 Å². The van der Waals surface area contributed by atoms with E-state index in [9.17, 15) is 4.79 Å². The van der Waals surface area contributed by atoms with E-state index in [4.69, 9.17) is 4.74 Å². The van der Waals surface area contributed by atoms with Crippen LogP contribution in [0.2, 0.25) is 0 Å². The number of carbonyl (C=O) groups excluding carboxylic acids is 1. The van der Waals surface area contributed by atoms with Crippen LogP contribution in [0, 0.1) is 5.92 Å². The maximum Gasteiger partial charge on any atom is 0.303 e. The first-order valence-electron chi connectivity index (χ1n) is 4.21. The number of rotatable bonds is 1. The van der Waals surface area contributed by atoms with E-state index in [-0.39, 0.29) is 11.6 Å². The SMILES string of the molecule is CC(=O)OC1(C)CCC(C)C1. The molecule has 1 aliphatic rings. The molecule has 0 aromatic heterocycles.